The van der Waals surface area contributed by atoms with Crippen LogP contribution in [0.4, 0.5) is 0 Å². The van der Waals surface area contributed by atoms with Crippen molar-refractivity contribution in [3.05, 3.63) is 0 Å². The van der Waals surface area contributed by atoms with Gasteiger partial charge in [-0.2, -0.15) is 0 Å². The molecule has 2 atom stereocenters. The fraction of sp³-hybridized carbons (Fsp3) is 1.00. The summed E-state index contributed by atoms with van der Waals surface area (Å²) in [6, 6.07) is 0. The molecule has 0 bridgehead atoms. The van der Waals surface area contributed by atoms with Crippen molar-refractivity contribution in [2.24, 2.45) is 33.5 Å². The number of hydrogen-bond acceptors (Lipinski definition) is 0. The molecule has 0 fully saturated rings. The zero-order valence-electron chi connectivity index (χ0n) is 18.6. The van der Waals surface area contributed by atoms with Crippen molar-refractivity contribution >= 4 is 0 Å². The van der Waals surface area contributed by atoms with Crippen molar-refractivity contribution in [3.8, 4) is 0 Å². The Labute approximate surface area is 143 Å². The van der Waals surface area contributed by atoms with Crippen molar-refractivity contribution in [3.63, 3.8) is 0 Å². The first-order valence-corrected chi connectivity index (χ1v) is 9.26. The van der Waals surface area contributed by atoms with Crippen LogP contribution in [-0.2, 0) is 0 Å². The summed E-state index contributed by atoms with van der Waals surface area (Å²) in [4.78, 5) is 0. The molecule has 0 aliphatic carbocycles. The predicted molar refractivity (Wildman–Crippen MR) is 105 cm³/mol. The van der Waals surface area contributed by atoms with Gasteiger partial charge in [0.25, 0.3) is 0 Å². The van der Waals surface area contributed by atoms with E-state index in [4.69, 9.17) is 0 Å². The lowest BCUT2D eigenvalue weighted by Crippen LogP contribution is -2.22. The third-order valence-corrected chi connectivity index (χ3v) is 4.79. The summed E-state index contributed by atoms with van der Waals surface area (Å²) in [7, 11) is 0. The summed E-state index contributed by atoms with van der Waals surface area (Å²) in [6.45, 7) is 32.5. The quantitative estimate of drug-likeness (QED) is 0.482. The molecular weight excluding hydrogens is 264 g/mol. The van der Waals surface area contributed by atoms with Gasteiger partial charge in [-0.05, 0) is 46.3 Å². The summed E-state index contributed by atoms with van der Waals surface area (Å²) in [5, 5.41) is 0. The van der Waals surface area contributed by atoms with Crippen molar-refractivity contribution in [2.75, 3.05) is 0 Å². The minimum absolute atomic E-state index is 0.466. The third-order valence-electron chi connectivity index (χ3n) is 4.79. The second kappa shape index (κ2) is 8.20. The van der Waals surface area contributed by atoms with Crippen molar-refractivity contribution in [1.29, 1.82) is 0 Å². The van der Waals surface area contributed by atoms with E-state index in [-0.39, 0.29) is 0 Å². The maximum Gasteiger partial charge on any atom is -0.0357 e. The minimum atomic E-state index is 0.466. The highest BCUT2D eigenvalue weighted by Gasteiger charge is 2.25. The molecule has 0 saturated heterocycles. The lowest BCUT2D eigenvalue weighted by molar-refractivity contribution is 0.182. The largest absolute Gasteiger partial charge is 0.0620 e. The Morgan fingerprint density at radius 2 is 0.636 bits per heavy atom. The van der Waals surface area contributed by atoms with Crippen LogP contribution in [0, 0.1) is 33.5 Å². The van der Waals surface area contributed by atoms with E-state index in [1.54, 1.807) is 0 Å². The molecule has 22 heavy (non-hydrogen) atoms. The third kappa shape index (κ3) is 14.9. The smallest absolute Gasteiger partial charge is 0.0357 e. The SMILES string of the molecule is C[C@@H](CC(C)(C)C)C(C)(C)C.C[C@H](CC(C)(C)C)C(C)(C)C. The molecule has 0 aliphatic heterocycles. The van der Waals surface area contributed by atoms with Crippen LogP contribution >= 0.6 is 0 Å². The zero-order valence-corrected chi connectivity index (χ0v) is 18.6. The molecule has 0 saturated carbocycles. The normalized spacial score (nSPS) is 16.6. The molecular formula is C22H48. The Balaban J connectivity index is 0. The summed E-state index contributed by atoms with van der Waals surface area (Å²) < 4.78 is 0. The van der Waals surface area contributed by atoms with E-state index in [9.17, 15) is 0 Å². The van der Waals surface area contributed by atoms with Crippen molar-refractivity contribution in [2.45, 2.75) is 110 Å². The molecule has 136 valence electrons. The first kappa shape index (κ1) is 24.3. The van der Waals surface area contributed by atoms with Crippen LogP contribution in [0.5, 0.6) is 0 Å². The fourth-order valence-electron chi connectivity index (χ4n) is 2.45. The van der Waals surface area contributed by atoms with Gasteiger partial charge >= 0.3 is 0 Å². The molecule has 0 nitrogen and oxygen atoms in total. The first-order chi connectivity index (χ1) is 9.26. The zero-order chi connectivity index (χ0) is 18.6. The highest BCUT2D eigenvalue weighted by Crippen LogP contribution is 2.36. The molecule has 0 aromatic rings. The van der Waals surface area contributed by atoms with E-state index in [0.717, 1.165) is 11.8 Å². The molecule has 0 aromatic carbocycles. The summed E-state index contributed by atoms with van der Waals surface area (Å²) in [5.74, 6) is 1.62. The van der Waals surface area contributed by atoms with E-state index in [1.807, 2.05) is 0 Å². The van der Waals surface area contributed by atoms with E-state index >= 15 is 0 Å². The molecule has 0 heterocycles. The van der Waals surface area contributed by atoms with Gasteiger partial charge in [-0.25, -0.2) is 0 Å². The average Bonchev–Trinajstić information content (AvgIpc) is 2.09. The maximum atomic E-state index is 2.35. The van der Waals surface area contributed by atoms with Gasteiger partial charge < -0.3 is 0 Å². The molecule has 0 spiro atoms. The standard InChI is InChI=1S/2C11H24/c2*1-9(11(5,6)7)8-10(2,3)4/h2*9H,8H2,1-7H3/t2*9-/m10/s1. The molecule has 0 rings (SSSR count). The minimum Gasteiger partial charge on any atom is -0.0620 e. The Hall–Kier alpha value is 0. The van der Waals surface area contributed by atoms with Gasteiger partial charge in [0.2, 0.25) is 0 Å². The lowest BCUT2D eigenvalue weighted by atomic mass is 9.73. The Morgan fingerprint density at radius 1 is 0.455 bits per heavy atom. The van der Waals surface area contributed by atoms with E-state index < -0.39 is 0 Å². The Kier molecular flexibility index (Phi) is 9.04. The summed E-state index contributed by atoms with van der Waals surface area (Å²) in [6.07, 6.45) is 2.63. The number of hydrogen-bond donors (Lipinski definition) is 0. The second-order valence-corrected chi connectivity index (χ2v) is 12.1. The van der Waals surface area contributed by atoms with Gasteiger partial charge in [0, 0.05) is 0 Å². The molecule has 0 radical (unpaired) electrons. The fourth-order valence-corrected chi connectivity index (χ4v) is 2.45. The van der Waals surface area contributed by atoms with Crippen LogP contribution in [0.15, 0.2) is 0 Å². The van der Waals surface area contributed by atoms with E-state index in [2.05, 4.69) is 96.9 Å². The monoisotopic (exact) mass is 312 g/mol. The van der Waals surface area contributed by atoms with Gasteiger partial charge in [0.05, 0.1) is 0 Å². The van der Waals surface area contributed by atoms with Crippen LogP contribution in [-0.4, -0.2) is 0 Å². The average molecular weight is 313 g/mol. The molecule has 0 heteroatoms. The van der Waals surface area contributed by atoms with Crippen LogP contribution in [0.3, 0.4) is 0 Å². The maximum absolute atomic E-state index is 2.35. The molecule has 0 aromatic heterocycles. The highest BCUT2D eigenvalue weighted by atomic mass is 14.3. The van der Waals surface area contributed by atoms with E-state index in [0.29, 0.717) is 21.7 Å². The lowest BCUT2D eigenvalue weighted by Gasteiger charge is -2.32. The van der Waals surface area contributed by atoms with Crippen molar-refractivity contribution < 1.29 is 0 Å². The molecule has 0 aliphatic rings. The van der Waals surface area contributed by atoms with Crippen LogP contribution in [0.25, 0.3) is 0 Å². The predicted octanol–water partition coefficient (Wildman–Crippen LogP) is 8.21. The van der Waals surface area contributed by atoms with Gasteiger partial charge in [-0.3, -0.25) is 0 Å². The van der Waals surface area contributed by atoms with Gasteiger partial charge in [-0.15, -0.1) is 0 Å². The van der Waals surface area contributed by atoms with E-state index in [1.165, 1.54) is 12.8 Å². The topological polar surface area (TPSA) is 0 Å². The Morgan fingerprint density at radius 3 is 0.682 bits per heavy atom. The van der Waals surface area contributed by atoms with Gasteiger partial charge in [0.1, 0.15) is 0 Å². The van der Waals surface area contributed by atoms with Crippen LogP contribution < -0.4 is 0 Å². The molecule has 0 N–H and O–H groups in total. The second-order valence-electron chi connectivity index (χ2n) is 12.1. The van der Waals surface area contributed by atoms with Crippen LogP contribution in [0.2, 0.25) is 0 Å². The first-order valence-electron chi connectivity index (χ1n) is 9.26. The summed E-state index contributed by atoms with van der Waals surface area (Å²) >= 11 is 0. The number of rotatable bonds is 2. The molecule has 0 unspecified atom stereocenters. The molecule has 0 amide bonds. The highest BCUT2D eigenvalue weighted by molar-refractivity contribution is 4.76. The van der Waals surface area contributed by atoms with Gasteiger partial charge in [-0.1, -0.05) is 96.9 Å². The Bertz CT molecular complexity index is 250. The van der Waals surface area contributed by atoms with Crippen LogP contribution in [0.1, 0.15) is 110 Å². The summed E-state index contributed by atoms with van der Waals surface area (Å²) in [5.41, 5.74) is 1.89. The van der Waals surface area contributed by atoms with Crippen molar-refractivity contribution in [1.82, 2.24) is 0 Å². The van der Waals surface area contributed by atoms with Gasteiger partial charge in [0.15, 0.2) is 0 Å².